The van der Waals surface area contributed by atoms with Crippen LogP contribution in [0.15, 0.2) is 11.6 Å². The third kappa shape index (κ3) is 2.65. The van der Waals surface area contributed by atoms with Crippen molar-refractivity contribution in [1.82, 2.24) is 0 Å². The minimum absolute atomic E-state index is 0.0682. The van der Waals surface area contributed by atoms with Crippen molar-refractivity contribution in [2.75, 3.05) is 0 Å². The average molecular weight is 252 g/mol. The molecule has 2 rings (SSSR count). The molecular formula is C16H28O2. The summed E-state index contributed by atoms with van der Waals surface area (Å²) < 4.78 is 12.4. The van der Waals surface area contributed by atoms with Crippen LogP contribution in [0.4, 0.5) is 0 Å². The first kappa shape index (κ1) is 14.1. The van der Waals surface area contributed by atoms with E-state index in [1.165, 1.54) is 12.0 Å². The van der Waals surface area contributed by atoms with E-state index in [1.54, 1.807) is 0 Å². The summed E-state index contributed by atoms with van der Waals surface area (Å²) in [5, 5.41) is 0. The highest BCUT2D eigenvalue weighted by Gasteiger charge is 2.47. The molecule has 0 aromatic carbocycles. The van der Waals surface area contributed by atoms with Crippen LogP contribution in [0.3, 0.4) is 0 Å². The largest absolute Gasteiger partial charge is 0.349 e. The molecule has 0 amide bonds. The molecule has 0 saturated carbocycles. The first-order valence-electron chi connectivity index (χ1n) is 7.23. The topological polar surface area (TPSA) is 18.5 Å². The average Bonchev–Trinajstić information content (AvgIpc) is 2.21. The van der Waals surface area contributed by atoms with Gasteiger partial charge < -0.3 is 9.47 Å². The molecule has 0 spiro atoms. The van der Waals surface area contributed by atoms with Crippen molar-refractivity contribution < 1.29 is 9.47 Å². The van der Waals surface area contributed by atoms with Gasteiger partial charge in [-0.05, 0) is 46.5 Å². The monoisotopic (exact) mass is 252 g/mol. The summed E-state index contributed by atoms with van der Waals surface area (Å²) in [5.74, 6) is 0.511. The Kier molecular flexibility index (Phi) is 3.63. The van der Waals surface area contributed by atoms with E-state index < -0.39 is 0 Å². The molecule has 0 aromatic rings. The molecule has 2 nitrogen and oxygen atoms in total. The van der Waals surface area contributed by atoms with Gasteiger partial charge in [-0.1, -0.05) is 25.5 Å². The van der Waals surface area contributed by atoms with Crippen LogP contribution in [0.25, 0.3) is 0 Å². The molecule has 2 heteroatoms. The van der Waals surface area contributed by atoms with Crippen LogP contribution < -0.4 is 0 Å². The van der Waals surface area contributed by atoms with Crippen LogP contribution in [0, 0.1) is 11.3 Å². The molecule has 0 aromatic heterocycles. The zero-order chi connectivity index (χ0) is 13.6. The lowest BCUT2D eigenvalue weighted by Crippen LogP contribution is -2.52. The molecule has 1 aliphatic carbocycles. The van der Waals surface area contributed by atoms with Crippen LogP contribution in [-0.4, -0.2) is 18.0 Å². The minimum atomic E-state index is -0.0735. The smallest absolute Gasteiger partial charge is 0.164 e. The van der Waals surface area contributed by atoms with Crippen molar-refractivity contribution >= 4 is 0 Å². The quantitative estimate of drug-likeness (QED) is 0.648. The highest BCUT2D eigenvalue weighted by Crippen LogP contribution is 2.47. The molecule has 0 N–H and O–H groups in total. The first-order valence-corrected chi connectivity index (χ1v) is 7.23. The molecule has 18 heavy (non-hydrogen) atoms. The van der Waals surface area contributed by atoms with Crippen molar-refractivity contribution in [2.45, 2.75) is 78.8 Å². The molecular weight excluding hydrogens is 224 g/mol. The van der Waals surface area contributed by atoms with Gasteiger partial charge in [0, 0.05) is 11.8 Å². The predicted molar refractivity (Wildman–Crippen MR) is 74.4 cm³/mol. The fourth-order valence-electron chi connectivity index (χ4n) is 3.33. The fourth-order valence-corrected chi connectivity index (χ4v) is 3.33. The Balaban J connectivity index is 2.20. The third-order valence-electron chi connectivity index (χ3n) is 4.73. The van der Waals surface area contributed by atoms with Crippen LogP contribution >= 0.6 is 0 Å². The maximum Gasteiger partial charge on any atom is 0.164 e. The summed E-state index contributed by atoms with van der Waals surface area (Å²) in [6, 6.07) is 0. The van der Waals surface area contributed by atoms with Crippen molar-refractivity contribution in [3.8, 4) is 0 Å². The van der Waals surface area contributed by atoms with E-state index in [-0.39, 0.29) is 23.4 Å². The normalized spacial score (nSPS) is 44.6. The molecule has 0 radical (unpaired) electrons. The standard InChI is InChI=1S/C16H28O2/c1-11-7-8-16(6,12(2)9-11)14-17-13(3)10-15(4,5)18-14/h9,12-14H,7-8,10H2,1-6H3/t12-,13-,14+,16+/m1/s1. The molecule has 1 heterocycles. The van der Waals surface area contributed by atoms with E-state index in [0.717, 1.165) is 12.8 Å². The molecule has 0 unspecified atom stereocenters. The van der Waals surface area contributed by atoms with Crippen LogP contribution in [0.2, 0.25) is 0 Å². The van der Waals surface area contributed by atoms with Gasteiger partial charge in [-0.3, -0.25) is 0 Å². The molecule has 1 saturated heterocycles. The second-order valence-corrected chi connectivity index (χ2v) is 7.17. The SMILES string of the molecule is CC1=C[C@@H](C)[C@@](C)([C@H]2O[C@H](C)CC(C)(C)O2)CC1. The lowest BCUT2D eigenvalue weighted by Gasteiger charge is -2.50. The van der Waals surface area contributed by atoms with Gasteiger partial charge in [-0.15, -0.1) is 0 Å². The van der Waals surface area contributed by atoms with Crippen molar-refractivity contribution in [1.29, 1.82) is 0 Å². The van der Waals surface area contributed by atoms with Gasteiger partial charge in [0.25, 0.3) is 0 Å². The molecule has 2 aliphatic rings. The Morgan fingerprint density at radius 3 is 2.44 bits per heavy atom. The predicted octanol–water partition coefficient (Wildman–Crippen LogP) is 4.30. The molecule has 1 aliphatic heterocycles. The van der Waals surface area contributed by atoms with Gasteiger partial charge in [0.2, 0.25) is 0 Å². The van der Waals surface area contributed by atoms with E-state index in [2.05, 4.69) is 47.6 Å². The van der Waals surface area contributed by atoms with Gasteiger partial charge in [0.15, 0.2) is 6.29 Å². The van der Waals surface area contributed by atoms with E-state index in [0.29, 0.717) is 5.92 Å². The number of hydrogen-bond acceptors (Lipinski definition) is 2. The fraction of sp³-hybridized carbons (Fsp3) is 0.875. The van der Waals surface area contributed by atoms with Gasteiger partial charge in [0.05, 0.1) is 11.7 Å². The molecule has 1 fully saturated rings. The van der Waals surface area contributed by atoms with Gasteiger partial charge >= 0.3 is 0 Å². The van der Waals surface area contributed by atoms with E-state index in [1.807, 2.05) is 0 Å². The highest BCUT2D eigenvalue weighted by molar-refractivity contribution is 5.11. The van der Waals surface area contributed by atoms with Gasteiger partial charge in [-0.25, -0.2) is 0 Å². The summed E-state index contributed by atoms with van der Waals surface area (Å²) in [6.45, 7) is 13.4. The van der Waals surface area contributed by atoms with E-state index in [4.69, 9.17) is 9.47 Å². The zero-order valence-electron chi connectivity index (χ0n) is 12.7. The maximum atomic E-state index is 6.24. The second-order valence-electron chi connectivity index (χ2n) is 7.17. The van der Waals surface area contributed by atoms with E-state index in [9.17, 15) is 0 Å². The van der Waals surface area contributed by atoms with Gasteiger partial charge in [-0.2, -0.15) is 0 Å². The lowest BCUT2D eigenvalue weighted by molar-refractivity contribution is -0.314. The highest BCUT2D eigenvalue weighted by atomic mass is 16.7. The van der Waals surface area contributed by atoms with Crippen LogP contribution in [0.5, 0.6) is 0 Å². The lowest BCUT2D eigenvalue weighted by atomic mass is 9.69. The number of allylic oxidation sites excluding steroid dienone is 2. The number of ether oxygens (including phenoxy) is 2. The maximum absolute atomic E-state index is 6.24. The summed E-state index contributed by atoms with van der Waals surface area (Å²) in [4.78, 5) is 0. The Morgan fingerprint density at radius 1 is 1.22 bits per heavy atom. The van der Waals surface area contributed by atoms with Crippen LogP contribution in [0.1, 0.15) is 60.8 Å². The molecule has 0 bridgehead atoms. The summed E-state index contributed by atoms with van der Waals surface area (Å²) in [5.41, 5.74) is 1.54. The van der Waals surface area contributed by atoms with E-state index >= 15 is 0 Å². The van der Waals surface area contributed by atoms with Crippen molar-refractivity contribution in [2.24, 2.45) is 11.3 Å². The first-order chi connectivity index (χ1) is 8.23. The Morgan fingerprint density at radius 2 is 1.89 bits per heavy atom. The number of rotatable bonds is 1. The summed E-state index contributed by atoms with van der Waals surface area (Å²) in [7, 11) is 0. The summed E-state index contributed by atoms with van der Waals surface area (Å²) in [6.07, 6.45) is 5.90. The zero-order valence-corrected chi connectivity index (χ0v) is 12.7. The van der Waals surface area contributed by atoms with Crippen LogP contribution in [-0.2, 0) is 9.47 Å². The van der Waals surface area contributed by atoms with Gasteiger partial charge in [0.1, 0.15) is 0 Å². The van der Waals surface area contributed by atoms with Crippen molar-refractivity contribution in [3.63, 3.8) is 0 Å². The second kappa shape index (κ2) is 4.64. The Bertz CT molecular complexity index is 345. The number of hydrogen-bond donors (Lipinski definition) is 0. The van der Waals surface area contributed by atoms with Crippen molar-refractivity contribution in [3.05, 3.63) is 11.6 Å². The molecule has 104 valence electrons. The Hall–Kier alpha value is -0.340. The summed E-state index contributed by atoms with van der Waals surface area (Å²) >= 11 is 0. The Labute approximate surface area is 112 Å². The molecule has 4 atom stereocenters. The minimum Gasteiger partial charge on any atom is -0.349 e. The third-order valence-corrected chi connectivity index (χ3v) is 4.73.